The van der Waals surface area contributed by atoms with E-state index < -0.39 is 5.60 Å². The average molecular weight is 205 g/mol. The summed E-state index contributed by atoms with van der Waals surface area (Å²) in [6, 6.07) is 3.64. The summed E-state index contributed by atoms with van der Waals surface area (Å²) in [6.07, 6.45) is 6.47. The number of aromatic nitrogens is 1. The molecule has 1 aromatic heterocycles. The first-order valence-corrected chi connectivity index (χ1v) is 4.78. The van der Waals surface area contributed by atoms with Gasteiger partial charge in [0.15, 0.2) is 0 Å². The number of nitrogens with zero attached hydrogens (tertiary/aromatic N) is 1. The van der Waals surface area contributed by atoms with Gasteiger partial charge in [-0.05, 0) is 44.5 Å². The van der Waals surface area contributed by atoms with Crippen LogP contribution < -0.4 is 0 Å². The largest absolute Gasteiger partial charge is 0.457 e. The summed E-state index contributed by atoms with van der Waals surface area (Å²) in [5.74, 6) is -0.334. The van der Waals surface area contributed by atoms with Crippen LogP contribution in [-0.4, -0.2) is 16.6 Å². The van der Waals surface area contributed by atoms with Gasteiger partial charge in [-0.2, -0.15) is 0 Å². The second-order valence-electron chi connectivity index (χ2n) is 4.15. The SMILES string of the molecule is CC(C)(C)OC(=O)/C=C/c1ccncc1. The van der Waals surface area contributed by atoms with Crippen LogP contribution in [0.5, 0.6) is 0 Å². The van der Waals surface area contributed by atoms with E-state index in [2.05, 4.69) is 4.98 Å². The van der Waals surface area contributed by atoms with Gasteiger partial charge in [-0.25, -0.2) is 4.79 Å². The van der Waals surface area contributed by atoms with Crippen LogP contribution in [0.2, 0.25) is 0 Å². The number of esters is 1. The van der Waals surface area contributed by atoms with Crippen molar-refractivity contribution in [2.45, 2.75) is 26.4 Å². The number of rotatable bonds is 2. The lowest BCUT2D eigenvalue weighted by Gasteiger charge is -2.17. The molecule has 3 heteroatoms. The monoisotopic (exact) mass is 205 g/mol. The molecule has 0 bridgehead atoms. The number of ether oxygens (including phenoxy) is 1. The topological polar surface area (TPSA) is 39.2 Å². The second kappa shape index (κ2) is 4.73. The maximum atomic E-state index is 11.3. The Kier molecular flexibility index (Phi) is 3.61. The summed E-state index contributed by atoms with van der Waals surface area (Å²) in [7, 11) is 0. The molecule has 0 aliphatic carbocycles. The highest BCUT2D eigenvalue weighted by Gasteiger charge is 2.13. The van der Waals surface area contributed by atoms with Gasteiger partial charge in [-0.15, -0.1) is 0 Å². The molecular weight excluding hydrogens is 190 g/mol. The Bertz CT molecular complexity index is 350. The molecule has 1 aromatic rings. The summed E-state index contributed by atoms with van der Waals surface area (Å²) >= 11 is 0. The van der Waals surface area contributed by atoms with E-state index in [0.29, 0.717) is 0 Å². The molecule has 1 heterocycles. The Morgan fingerprint density at radius 2 is 1.93 bits per heavy atom. The highest BCUT2D eigenvalue weighted by Crippen LogP contribution is 2.08. The minimum Gasteiger partial charge on any atom is -0.457 e. The normalized spacial score (nSPS) is 11.7. The Hall–Kier alpha value is -1.64. The fourth-order valence-corrected chi connectivity index (χ4v) is 0.975. The van der Waals surface area contributed by atoms with Crippen LogP contribution in [0.4, 0.5) is 0 Å². The molecule has 0 saturated carbocycles. The van der Waals surface area contributed by atoms with E-state index in [4.69, 9.17) is 4.74 Å². The molecule has 0 atom stereocenters. The van der Waals surface area contributed by atoms with Crippen molar-refractivity contribution in [2.24, 2.45) is 0 Å². The van der Waals surface area contributed by atoms with Gasteiger partial charge < -0.3 is 4.74 Å². The Balaban J connectivity index is 2.56. The second-order valence-corrected chi connectivity index (χ2v) is 4.15. The van der Waals surface area contributed by atoms with E-state index in [1.807, 2.05) is 32.9 Å². The van der Waals surface area contributed by atoms with E-state index in [1.54, 1.807) is 18.5 Å². The van der Waals surface area contributed by atoms with Gasteiger partial charge in [-0.1, -0.05) is 0 Å². The minimum absolute atomic E-state index is 0.334. The molecule has 0 spiro atoms. The molecule has 3 nitrogen and oxygen atoms in total. The fraction of sp³-hybridized carbons (Fsp3) is 0.333. The van der Waals surface area contributed by atoms with Crippen LogP contribution >= 0.6 is 0 Å². The zero-order chi connectivity index (χ0) is 11.3. The third kappa shape index (κ3) is 4.96. The van der Waals surface area contributed by atoms with Crippen molar-refractivity contribution in [3.8, 4) is 0 Å². The zero-order valence-electron chi connectivity index (χ0n) is 9.23. The predicted octanol–water partition coefficient (Wildman–Crippen LogP) is 2.44. The van der Waals surface area contributed by atoms with E-state index in [-0.39, 0.29) is 5.97 Å². The molecule has 0 fully saturated rings. The van der Waals surface area contributed by atoms with Crippen molar-refractivity contribution in [2.75, 3.05) is 0 Å². The first-order chi connectivity index (χ1) is 6.97. The predicted molar refractivity (Wildman–Crippen MR) is 59.1 cm³/mol. The van der Waals surface area contributed by atoms with Gasteiger partial charge in [0.25, 0.3) is 0 Å². The lowest BCUT2D eigenvalue weighted by molar-refractivity contribution is -0.148. The summed E-state index contributed by atoms with van der Waals surface area (Å²) in [5.41, 5.74) is 0.482. The quantitative estimate of drug-likeness (QED) is 0.550. The van der Waals surface area contributed by atoms with Crippen molar-refractivity contribution in [1.82, 2.24) is 4.98 Å². The first-order valence-electron chi connectivity index (χ1n) is 4.78. The lowest BCUT2D eigenvalue weighted by Crippen LogP contribution is -2.22. The summed E-state index contributed by atoms with van der Waals surface area (Å²) in [6.45, 7) is 5.52. The van der Waals surface area contributed by atoms with E-state index in [0.717, 1.165) is 5.56 Å². The van der Waals surface area contributed by atoms with Crippen LogP contribution in [0.15, 0.2) is 30.6 Å². The van der Waals surface area contributed by atoms with Crippen LogP contribution in [0.3, 0.4) is 0 Å². The van der Waals surface area contributed by atoms with Crippen LogP contribution in [0.25, 0.3) is 6.08 Å². The standard InChI is InChI=1S/C12H15NO2/c1-12(2,3)15-11(14)5-4-10-6-8-13-9-7-10/h4-9H,1-3H3/b5-4+. The number of hydrogen-bond donors (Lipinski definition) is 0. The molecule has 0 saturated heterocycles. The molecule has 15 heavy (non-hydrogen) atoms. The van der Waals surface area contributed by atoms with Gasteiger partial charge in [0.2, 0.25) is 0 Å². The van der Waals surface area contributed by atoms with Gasteiger partial charge in [-0.3, -0.25) is 4.98 Å². The van der Waals surface area contributed by atoms with Crippen molar-refractivity contribution >= 4 is 12.0 Å². The molecule has 1 rings (SSSR count). The molecule has 0 radical (unpaired) electrons. The minimum atomic E-state index is -0.445. The number of carbonyl (C=O) groups excluding carboxylic acids is 1. The molecule has 0 amide bonds. The molecule has 0 aromatic carbocycles. The Morgan fingerprint density at radius 1 is 1.33 bits per heavy atom. The molecule has 0 aliphatic rings. The molecular formula is C12H15NO2. The third-order valence-corrected chi connectivity index (χ3v) is 1.52. The van der Waals surface area contributed by atoms with Crippen LogP contribution in [0, 0.1) is 0 Å². The lowest BCUT2D eigenvalue weighted by atomic mass is 10.2. The Morgan fingerprint density at radius 3 is 2.47 bits per heavy atom. The summed E-state index contributed by atoms with van der Waals surface area (Å²) < 4.78 is 5.12. The van der Waals surface area contributed by atoms with Crippen molar-refractivity contribution < 1.29 is 9.53 Å². The molecule has 80 valence electrons. The summed E-state index contributed by atoms with van der Waals surface area (Å²) in [4.78, 5) is 15.2. The fourth-order valence-electron chi connectivity index (χ4n) is 0.975. The maximum absolute atomic E-state index is 11.3. The third-order valence-electron chi connectivity index (χ3n) is 1.52. The first kappa shape index (κ1) is 11.4. The van der Waals surface area contributed by atoms with Crippen molar-refractivity contribution in [3.05, 3.63) is 36.2 Å². The molecule has 0 aliphatic heterocycles. The molecule has 0 N–H and O–H groups in total. The van der Waals surface area contributed by atoms with E-state index >= 15 is 0 Å². The highest BCUT2D eigenvalue weighted by atomic mass is 16.6. The summed E-state index contributed by atoms with van der Waals surface area (Å²) in [5, 5.41) is 0. The number of hydrogen-bond acceptors (Lipinski definition) is 3. The average Bonchev–Trinajstić information content (AvgIpc) is 2.14. The van der Waals surface area contributed by atoms with E-state index in [1.165, 1.54) is 6.08 Å². The Labute approximate surface area is 89.8 Å². The van der Waals surface area contributed by atoms with Gasteiger partial charge in [0, 0.05) is 18.5 Å². The number of carbonyl (C=O) groups is 1. The zero-order valence-corrected chi connectivity index (χ0v) is 9.23. The van der Waals surface area contributed by atoms with Crippen LogP contribution in [-0.2, 0) is 9.53 Å². The smallest absolute Gasteiger partial charge is 0.331 e. The van der Waals surface area contributed by atoms with Crippen molar-refractivity contribution in [3.63, 3.8) is 0 Å². The number of pyridine rings is 1. The van der Waals surface area contributed by atoms with Crippen molar-refractivity contribution in [1.29, 1.82) is 0 Å². The highest BCUT2D eigenvalue weighted by molar-refractivity contribution is 5.87. The van der Waals surface area contributed by atoms with Gasteiger partial charge in [0.05, 0.1) is 0 Å². The van der Waals surface area contributed by atoms with Gasteiger partial charge in [0.1, 0.15) is 5.60 Å². The van der Waals surface area contributed by atoms with E-state index in [9.17, 15) is 4.79 Å². The molecule has 0 unspecified atom stereocenters. The van der Waals surface area contributed by atoms with Gasteiger partial charge >= 0.3 is 5.97 Å². The maximum Gasteiger partial charge on any atom is 0.331 e. The van der Waals surface area contributed by atoms with Crippen LogP contribution in [0.1, 0.15) is 26.3 Å².